The van der Waals surface area contributed by atoms with Crippen LogP contribution in [0.15, 0.2) is 66.2 Å². The van der Waals surface area contributed by atoms with Gasteiger partial charge in [0.25, 0.3) is 0 Å². The number of hydrogen-bond donors (Lipinski definition) is 4. The highest BCUT2D eigenvalue weighted by Gasteiger charge is 2.43. The summed E-state index contributed by atoms with van der Waals surface area (Å²) >= 11 is 7.79. The number of thiazole rings is 1. The first-order valence-corrected chi connectivity index (χ1v) is 16.8. The van der Waals surface area contributed by atoms with Crippen LogP contribution in [0.25, 0.3) is 21.6 Å². The topological polar surface area (TPSA) is 125 Å². The molecular formula is C34H39ClFN7O2S. The first kappa shape index (κ1) is 32.5. The molecule has 3 aromatic heterocycles. The average Bonchev–Trinajstić information content (AvgIpc) is 3.73. The molecule has 12 heteroatoms. The van der Waals surface area contributed by atoms with Gasteiger partial charge in [0.2, 0.25) is 5.28 Å². The molecule has 0 spiro atoms. The molecule has 9 nitrogen and oxygen atoms in total. The summed E-state index contributed by atoms with van der Waals surface area (Å²) in [5, 5.41) is 29.3. The van der Waals surface area contributed by atoms with Gasteiger partial charge in [-0.1, -0.05) is 42.5 Å². The van der Waals surface area contributed by atoms with Crippen molar-refractivity contribution in [3.63, 3.8) is 0 Å². The molecule has 6 rings (SSSR count). The summed E-state index contributed by atoms with van der Waals surface area (Å²) in [5.41, 5.74) is 10.9. The highest BCUT2D eigenvalue weighted by molar-refractivity contribution is 7.13. The van der Waals surface area contributed by atoms with Gasteiger partial charge in [-0.2, -0.15) is 4.98 Å². The zero-order chi connectivity index (χ0) is 32.2. The lowest BCUT2D eigenvalue weighted by atomic mass is 10.1. The van der Waals surface area contributed by atoms with Gasteiger partial charge in [-0.15, -0.1) is 11.3 Å². The normalized spacial score (nSPS) is 19.9. The molecule has 0 aliphatic heterocycles. The summed E-state index contributed by atoms with van der Waals surface area (Å²) in [4.78, 5) is 15.8. The summed E-state index contributed by atoms with van der Waals surface area (Å²) in [6, 6.07) is 16.4. The highest BCUT2D eigenvalue weighted by Crippen LogP contribution is 2.42. The number of aliphatic hydroxyl groups is 2. The minimum Gasteiger partial charge on any atom is -0.390 e. The second-order valence-electron chi connectivity index (χ2n) is 12.1. The standard InChI is InChI=1S/C34H39ClFN7O2S/c1-42(15-5-13-38-14-12-21-8-10-24(36)11-9-21)18-23-17-27(30(45)29(23)44)43-19-26(28-31(37)40-34(35)41-32(28)43)33-39-25(20-46-33)16-22-6-3-2-4-7-22/h2-4,6-11,19-20,23,27,29-30,38,44-45H,5,12-18H2,1H3,(H2,37,40,41)/t23-,27-,29-,30+/m1/s1. The zero-order valence-electron chi connectivity index (χ0n) is 25.7. The number of aromatic nitrogens is 4. The molecule has 46 heavy (non-hydrogen) atoms. The van der Waals surface area contributed by atoms with Crippen LogP contribution in [-0.2, 0) is 12.8 Å². The van der Waals surface area contributed by atoms with Crippen LogP contribution >= 0.6 is 22.9 Å². The molecule has 2 aromatic carbocycles. The fourth-order valence-corrected chi connectivity index (χ4v) is 7.42. The van der Waals surface area contributed by atoms with Crippen LogP contribution in [0.4, 0.5) is 10.2 Å². The van der Waals surface area contributed by atoms with Crippen LogP contribution in [0.3, 0.4) is 0 Å². The summed E-state index contributed by atoms with van der Waals surface area (Å²) < 4.78 is 15.0. The Kier molecular flexibility index (Phi) is 10.3. The molecule has 5 aromatic rings. The molecule has 0 saturated heterocycles. The quantitative estimate of drug-likeness (QED) is 0.103. The van der Waals surface area contributed by atoms with Crippen molar-refractivity contribution in [1.82, 2.24) is 29.7 Å². The molecule has 0 unspecified atom stereocenters. The fourth-order valence-electron chi connectivity index (χ4n) is 6.41. The lowest BCUT2D eigenvalue weighted by molar-refractivity contribution is 0.00170. The van der Waals surface area contributed by atoms with E-state index >= 15 is 0 Å². The number of aliphatic hydroxyl groups excluding tert-OH is 2. The molecular weight excluding hydrogens is 625 g/mol. The van der Waals surface area contributed by atoms with Crippen molar-refractivity contribution in [3.05, 3.63) is 94.1 Å². The van der Waals surface area contributed by atoms with Crippen molar-refractivity contribution in [2.45, 2.75) is 43.9 Å². The third-order valence-corrected chi connectivity index (χ3v) is 9.85. The van der Waals surface area contributed by atoms with E-state index in [-0.39, 0.29) is 22.8 Å². The maximum Gasteiger partial charge on any atom is 0.226 e. The number of rotatable bonds is 13. The fraction of sp³-hybridized carbons (Fsp3) is 0.382. The van der Waals surface area contributed by atoms with Crippen molar-refractivity contribution in [3.8, 4) is 10.6 Å². The van der Waals surface area contributed by atoms with Crippen molar-refractivity contribution in [2.24, 2.45) is 5.92 Å². The van der Waals surface area contributed by atoms with E-state index in [1.165, 1.54) is 29.0 Å². The first-order valence-electron chi connectivity index (χ1n) is 15.6. The lowest BCUT2D eigenvalue weighted by Gasteiger charge is -2.23. The van der Waals surface area contributed by atoms with Gasteiger partial charge in [-0.25, -0.2) is 14.4 Å². The number of nitrogens with zero attached hydrogens (tertiary/aromatic N) is 5. The second-order valence-corrected chi connectivity index (χ2v) is 13.3. The molecule has 242 valence electrons. The second kappa shape index (κ2) is 14.5. The van der Waals surface area contributed by atoms with Gasteiger partial charge in [0, 0.05) is 36.0 Å². The summed E-state index contributed by atoms with van der Waals surface area (Å²) in [5.74, 6) is -0.104. The van der Waals surface area contributed by atoms with Gasteiger partial charge >= 0.3 is 0 Å². The van der Waals surface area contributed by atoms with E-state index in [0.717, 1.165) is 54.3 Å². The summed E-state index contributed by atoms with van der Waals surface area (Å²) in [6.07, 6.45) is 3.09. The monoisotopic (exact) mass is 663 g/mol. The molecule has 4 atom stereocenters. The van der Waals surface area contributed by atoms with E-state index in [0.29, 0.717) is 30.4 Å². The number of hydrogen-bond acceptors (Lipinski definition) is 9. The summed E-state index contributed by atoms with van der Waals surface area (Å²) in [7, 11) is 2.04. The molecule has 1 aliphatic rings. The molecule has 1 saturated carbocycles. The van der Waals surface area contributed by atoms with E-state index in [1.807, 2.05) is 53.5 Å². The van der Waals surface area contributed by atoms with Crippen LogP contribution in [0, 0.1) is 11.7 Å². The Morgan fingerprint density at radius 1 is 1.04 bits per heavy atom. The van der Waals surface area contributed by atoms with E-state index in [2.05, 4.69) is 32.3 Å². The minimum absolute atomic E-state index is 0.0235. The number of benzene rings is 2. The summed E-state index contributed by atoms with van der Waals surface area (Å²) in [6.45, 7) is 3.17. The van der Waals surface area contributed by atoms with Gasteiger partial charge < -0.3 is 30.7 Å². The Bertz CT molecular complexity index is 1750. The third-order valence-electron chi connectivity index (χ3n) is 8.75. The number of nitrogen functional groups attached to an aromatic ring is 1. The van der Waals surface area contributed by atoms with Gasteiger partial charge in [-0.3, -0.25) is 0 Å². The smallest absolute Gasteiger partial charge is 0.226 e. The van der Waals surface area contributed by atoms with E-state index in [9.17, 15) is 14.6 Å². The van der Waals surface area contributed by atoms with Crippen LogP contribution in [0.5, 0.6) is 0 Å². The van der Waals surface area contributed by atoms with Gasteiger partial charge in [-0.05, 0) is 80.8 Å². The van der Waals surface area contributed by atoms with E-state index < -0.39 is 18.2 Å². The van der Waals surface area contributed by atoms with Crippen LogP contribution < -0.4 is 11.1 Å². The SMILES string of the molecule is CN(CCCNCCc1ccc(F)cc1)C[C@H]1C[C@@H](n2cc(-c3nc(Cc4ccccc4)cs3)c3c(N)nc(Cl)nc32)[C@H](O)[C@@H]1O. The number of halogens is 2. The predicted octanol–water partition coefficient (Wildman–Crippen LogP) is 4.96. The van der Waals surface area contributed by atoms with E-state index in [4.69, 9.17) is 22.3 Å². The van der Waals surface area contributed by atoms with Crippen molar-refractivity contribution in [2.75, 3.05) is 39.0 Å². The Labute approximate surface area is 276 Å². The van der Waals surface area contributed by atoms with Crippen LogP contribution in [0.2, 0.25) is 5.28 Å². The number of fused-ring (bicyclic) bond motifs is 1. The van der Waals surface area contributed by atoms with Crippen LogP contribution in [-0.4, -0.2) is 80.1 Å². The van der Waals surface area contributed by atoms with E-state index in [1.54, 1.807) is 0 Å². The maximum absolute atomic E-state index is 13.1. The Hall–Kier alpha value is -3.45. The third kappa shape index (κ3) is 7.41. The molecule has 0 amide bonds. The largest absolute Gasteiger partial charge is 0.390 e. The molecule has 5 N–H and O–H groups in total. The van der Waals surface area contributed by atoms with Gasteiger partial charge in [0.1, 0.15) is 28.4 Å². The van der Waals surface area contributed by atoms with Crippen molar-refractivity contribution in [1.29, 1.82) is 0 Å². The Balaban J connectivity index is 1.11. The molecule has 0 bridgehead atoms. The Morgan fingerprint density at radius 3 is 2.61 bits per heavy atom. The number of anilines is 1. The number of nitrogens with one attached hydrogen (secondary N) is 1. The van der Waals surface area contributed by atoms with Gasteiger partial charge in [0.05, 0.1) is 23.2 Å². The lowest BCUT2D eigenvalue weighted by Crippen LogP contribution is -2.35. The first-order chi connectivity index (χ1) is 22.3. The number of nitrogens with two attached hydrogens (primary N) is 1. The predicted molar refractivity (Wildman–Crippen MR) is 182 cm³/mol. The van der Waals surface area contributed by atoms with Crippen molar-refractivity contribution >= 4 is 39.8 Å². The zero-order valence-corrected chi connectivity index (χ0v) is 27.3. The molecule has 3 heterocycles. The molecule has 1 aliphatic carbocycles. The van der Waals surface area contributed by atoms with Gasteiger partial charge in [0.15, 0.2) is 0 Å². The highest BCUT2D eigenvalue weighted by atomic mass is 35.5. The minimum atomic E-state index is -0.991. The molecule has 1 fully saturated rings. The van der Waals surface area contributed by atoms with Crippen LogP contribution in [0.1, 0.15) is 35.7 Å². The maximum atomic E-state index is 13.1. The van der Waals surface area contributed by atoms with Crippen molar-refractivity contribution < 1.29 is 14.6 Å². The average molecular weight is 664 g/mol. The Morgan fingerprint density at radius 2 is 1.83 bits per heavy atom. The molecule has 0 radical (unpaired) electrons.